The van der Waals surface area contributed by atoms with E-state index in [0.29, 0.717) is 10.4 Å². The van der Waals surface area contributed by atoms with E-state index in [2.05, 4.69) is 19.2 Å². The van der Waals surface area contributed by atoms with Crippen LogP contribution in [0, 0.1) is 5.41 Å². The standard InChI is InChI=1S/C15H22N2O3S/c1-15(2)7-4-10(5-8-15)17(3)14(20)16-12-11(13(18)19)6-9-21-12/h6,9-10H,4-5,7-8H2,1-3H3,(H,16,20)(H,18,19). The van der Waals surface area contributed by atoms with Crippen molar-refractivity contribution in [3.63, 3.8) is 0 Å². The molecule has 0 aromatic carbocycles. The van der Waals surface area contributed by atoms with E-state index in [1.807, 2.05) is 0 Å². The third-order valence-electron chi connectivity index (χ3n) is 4.29. The Balaban J connectivity index is 1.97. The number of hydrogen-bond donors (Lipinski definition) is 2. The van der Waals surface area contributed by atoms with Gasteiger partial charge in [-0.05, 0) is 42.5 Å². The van der Waals surface area contributed by atoms with Crippen LogP contribution in [0.3, 0.4) is 0 Å². The number of urea groups is 1. The maximum absolute atomic E-state index is 12.3. The first kappa shape index (κ1) is 15.8. The van der Waals surface area contributed by atoms with Gasteiger partial charge in [-0.15, -0.1) is 11.3 Å². The zero-order chi connectivity index (χ0) is 15.6. The van der Waals surface area contributed by atoms with Crippen LogP contribution in [0.5, 0.6) is 0 Å². The Bertz CT molecular complexity index is 529. The maximum atomic E-state index is 12.3. The summed E-state index contributed by atoms with van der Waals surface area (Å²) in [6, 6.07) is 1.50. The van der Waals surface area contributed by atoms with Crippen LogP contribution in [-0.2, 0) is 0 Å². The van der Waals surface area contributed by atoms with E-state index < -0.39 is 5.97 Å². The Labute approximate surface area is 129 Å². The zero-order valence-electron chi connectivity index (χ0n) is 12.7. The Morgan fingerprint density at radius 2 is 2.00 bits per heavy atom. The van der Waals surface area contributed by atoms with Crippen LogP contribution in [0.1, 0.15) is 49.9 Å². The van der Waals surface area contributed by atoms with E-state index in [4.69, 9.17) is 5.11 Å². The second-order valence-corrected chi connectivity index (χ2v) is 7.32. The minimum atomic E-state index is -1.02. The maximum Gasteiger partial charge on any atom is 0.338 e. The number of carboxylic acid groups (broad SMARTS) is 1. The fourth-order valence-corrected chi connectivity index (χ4v) is 3.47. The third-order valence-corrected chi connectivity index (χ3v) is 5.12. The predicted octanol–water partition coefficient (Wildman–Crippen LogP) is 3.88. The summed E-state index contributed by atoms with van der Waals surface area (Å²) >= 11 is 1.23. The molecule has 0 saturated heterocycles. The molecule has 2 rings (SSSR count). The molecule has 0 unspecified atom stereocenters. The van der Waals surface area contributed by atoms with Crippen molar-refractivity contribution in [3.8, 4) is 0 Å². The summed E-state index contributed by atoms with van der Waals surface area (Å²) in [5.74, 6) is -1.02. The SMILES string of the molecule is CN(C(=O)Nc1sccc1C(=O)O)C1CCC(C)(C)CC1. The van der Waals surface area contributed by atoms with Crippen molar-refractivity contribution in [3.05, 3.63) is 17.0 Å². The lowest BCUT2D eigenvalue weighted by atomic mass is 9.75. The molecule has 1 fully saturated rings. The fraction of sp³-hybridized carbons (Fsp3) is 0.600. The fourth-order valence-electron chi connectivity index (χ4n) is 2.70. The number of amides is 2. The Kier molecular flexibility index (Phi) is 4.56. The number of nitrogens with zero attached hydrogens (tertiary/aromatic N) is 1. The lowest BCUT2D eigenvalue weighted by Gasteiger charge is -2.38. The number of nitrogens with one attached hydrogen (secondary N) is 1. The van der Waals surface area contributed by atoms with Gasteiger partial charge in [0.2, 0.25) is 0 Å². The molecule has 116 valence electrons. The molecule has 0 radical (unpaired) electrons. The lowest BCUT2D eigenvalue weighted by molar-refractivity contribution is 0.0698. The topological polar surface area (TPSA) is 69.6 Å². The van der Waals surface area contributed by atoms with Crippen molar-refractivity contribution < 1.29 is 14.7 Å². The highest BCUT2D eigenvalue weighted by molar-refractivity contribution is 7.14. The summed E-state index contributed by atoms with van der Waals surface area (Å²) in [4.78, 5) is 25.0. The molecular weight excluding hydrogens is 288 g/mol. The van der Waals surface area contributed by atoms with E-state index in [9.17, 15) is 9.59 Å². The highest BCUT2D eigenvalue weighted by Gasteiger charge is 2.30. The van der Waals surface area contributed by atoms with Crippen LogP contribution in [0.15, 0.2) is 11.4 Å². The van der Waals surface area contributed by atoms with Gasteiger partial charge in [0.1, 0.15) is 5.00 Å². The second kappa shape index (κ2) is 6.05. The van der Waals surface area contributed by atoms with Gasteiger partial charge in [0.25, 0.3) is 0 Å². The molecule has 1 aromatic rings. The smallest absolute Gasteiger partial charge is 0.338 e. The number of carbonyl (C=O) groups excluding carboxylic acids is 1. The number of rotatable bonds is 3. The molecule has 0 atom stereocenters. The highest BCUT2D eigenvalue weighted by Crippen LogP contribution is 2.36. The molecule has 1 aromatic heterocycles. The summed E-state index contributed by atoms with van der Waals surface area (Å²) in [6.45, 7) is 4.52. The number of hydrogen-bond acceptors (Lipinski definition) is 3. The van der Waals surface area contributed by atoms with E-state index in [0.717, 1.165) is 25.7 Å². The molecule has 2 N–H and O–H groups in total. The zero-order valence-corrected chi connectivity index (χ0v) is 13.5. The average molecular weight is 310 g/mol. The quantitative estimate of drug-likeness (QED) is 0.890. The molecule has 6 heteroatoms. The Morgan fingerprint density at radius 1 is 1.38 bits per heavy atom. The Morgan fingerprint density at radius 3 is 2.57 bits per heavy atom. The number of anilines is 1. The molecule has 0 bridgehead atoms. The van der Waals surface area contributed by atoms with E-state index in [1.165, 1.54) is 17.4 Å². The van der Waals surface area contributed by atoms with Gasteiger partial charge in [-0.25, -0.2) is 9.59 Å². The first-order valence-electron chi connectivity index (χ1n) is 7.15. The minimum absolute atomic E-state index is 0.145. The lowest BCUT2D eigenvalue weighted by Crippen LogP contribution is -2.43. The van der Waals surface area contributed by atoms with Gasteiger partial charge in [-0.2, -0.15) is 0 Å². The molecule has 0 spiro atoms. The van der Waals surface area contributed by atoms with E-state index in [-0.39, 0.29) is 17.6 Å². The van der Waals surface area contributed by atoms with Gasteiger partial charge in [0.15, 0.2) is 0 Å². The van der Waals surface area contributed by atoms with Crippen molar-refractivity contribution in [1.29, 1.82) is 0 Å². The predicted molar refractivity (Wildman–Crippen MR) is 84.1 cm³/mol. The number of carbonyl (C=O) groups is 2. The van der Waals surface area contributed by atoms with E-state index in [1.54, 1.807) is 17.3 Å². The van der Waals surface area contributed by atoms with Crippen LogP contribution in [0.2, 0.25) is 0 Å². The molecule has 1 aliphatic rings. The summed E-state index contributed by atoms with van der Waals surface area (Å²) in [5, 5.41) is 13.8. The van der Waals surface area contributed by atoms with Gasteiger partial charge in [-0.1, -0.05) is 13.8 Å². The largest absolute Gasteiger partial charge is 0.478 e. The number of aromatic carboxylic acids is 1. The molecular formula is C15H22N2O3S. The van der Waals surface area contributed by atoms with E-state index >= 15 is 0 Å². The number of thiophene rings is 1. The average Bonchev–Trinajstić information content (AvgIpc) is 2.86. The van der Waals surface area contributed by atoms with Gasteiger partial charge < -0.3 is 10.0 Å². The monoisotopic (exact) mass is 310 g/mol. The van der Waals surface area contributed by atoms with Crippen LogP contribution >= 0.6 is 11.3 Å². The van der Waals surface area contributed by atoms with Gasteiger partial charge in [0, 0.05) is 13.1 Å². The number of carboxylic acids is 1. The molecule has 0 aliphatic heterocycles. The van der Waals surface area contributed by atoms with Crippen LogP contribution in [0.4, 0.5) is 9.80 Å². The minimum Gasteiger partial charge on any atom is -0.478 e. The molecule has 2 amide bonds. The third kappa shape index (κ3) is 3.75. The normalized spacial score (nSPS) is 18.2. The summed E-state index contributed by atoms with van der Waals surface area (Å²) in [6.07, 6.45) is 4.20. The Hall–Kier alpha value is -1.56. The molecule has 1 heterocycles. The van der Waals surface area contributed by atoms with Crippen molar-refractivity contribution >= 4 is 28.3 Å². The van der Waals surface area contributed by atoms with Crippen molar-refractivity contribution in [1.82, 2.24) is 4.90 Å². The van der Waals surface area contributed by atoms with Gasteiger partial charge in [0.05, 0.1) is 5.56 Å². The second-order valence-electron chi connectivity index (χ2n) is 6.40. The summed E-state index contributed by atoms with van der Waals surface area (Å²) in [5.41, 5.74) is 0.504. The molecule has 21 heavy (non-hydrogen) atoms. The summed E-state index contributed by atoms with van der Waals surface area (Å²) in [7, 11) is 1.78. The van der Waals surface area contributed by atoms with Crippen molar-refractivity contribution in [2.75, 3.05) is 12.4 Å². The molecule has 5 nitrogen and oxygen atoms in total. The highest BCUT2D eigenvalue weighted by atomic mass is 32.1. The van der Waals surface area contributed by atoms with Crippen molar-refractivity contribution in [2.45, 2.75) is 45.6 Å². The molecule has 1 aliphatic carbocycles. The first-order chi connectivity index (χ1) is 9.80. The first-order valence-corrected chi connectivity index (χ1v) is 8.03. The summed E-state index contributed by atoms with van der Waals surface area (Å²) < 4.78 is 0. The van der Waals surface area contributed by atoms with Crippen molar-refractivity contribution in [2.24, 2.45) is 5.41 Å². The van der Waals surface area contributed by atoms with Crippen LogP contribution in [-0.4, -0.2) is 35.1 Å². The van der Waals surface area contributed by atoms with Crippen LogP contribution in [0.25, 0.3) is 0 Å². The van der Waals surface area contributed by atoms with Gasteiger partial charge >= 0.3 is 12.0 Å². The molecule has 1 saturated carbocycles. The van der Waals surface area contributed by atoms with Gasteiger partial charge in [-0.3, -0.25) is 5.32 Å². The van der Waals surface area contributed by atoms with Crippen LogP contribution < -0.4 is 5.32 Å².